The Balaban J connectivity index is 2.17. The molecule has 0 bridgehead atoms. The second-order valence-corrected chi connectivity index (χ2v) is 6.28. The van der Waals surface area contributed by atoms with E-state index in [-0.39, 0.29) is 11.2 Å². The number of hydrogen-bond donors (Lipinski definition) is 0. The molecule has 6 nitrogen and oxygen atoms in total. The second kappa shape index (κ2) is 6.72. The van der Waals surface area contributed by atoms with Gasteiger partial charge in [0.15, 0.2) is 0 Å². The molecular formula is C21H19N3O3. The van der Waals surface area contributed by atoms with Gasteiger partial charge in [-0.15, -0.1) is 0 Å². The van der Waals surface area contributed by atoms with E-state index in [1.165, 1.54) is 10.8 Å². The average Bonchev–Trinajstić information content (AvgIpc) is 2.71. The maximum atomic E-state index is 13.1. The van der Waals surface area contributed by atoms with Gasteiger partial charge < -0.3 is 4.74 Å². The van der Waals surface area contributed by atoms with Gasteiger partial charge in [-0.2, -0.15) is 0 Å². The van der Waals surface area contributed by atoms with Crippen LogP contribution in [0.2, 0.25) is 0 Å². The van der Waals surface area contributed by atoms with Gasteiger partial charge in [-0.05, 0) is 18.6 Å². The summed E-state index contributed by atoms with van der Waals surface area (Å²) in [7, 11) is 1.58. The highest BCUT2D eigenvalue weighted by Crippen LogP contribution is 2.28. The van der Waals surface area contributed by atoms with Crippen LogP contribution in [0, 0.1) is 0 Å². The highest BCUT2D eigenvalue weighted by atomic mass is 16.5. The Bertz CT molecular complexity index is 1260. The molecular weight excluding hydrogens is 342 g/mol. The number of hydrogen-bond acceptors (Lipinski definition) is 4. The van der Waals surface area contributed by atoms with Crippen molar-refractivity contribution in [1.29, 1.82) is 0 Å². The maximum absolute atomic E-state index is 13.1. The fourth-order valence-electron chi connectivity index (χ4n) is 3.46. The Morgan fingerprint density at radius 1 is 0.963 bits per heavy atom. The molecule has 27 heavy (non-hydrogen) atoms. The van der Waals surface area contributed by atoms with Crippen LogP contribution in [0.1, 0.15) is 12.5 Å². The summed E-state index contributed by atoms with van der Waals surface area (Å²) in [5, 5.41) is 1.15. The van der Waals surface area contributed by atoms with Gasteiger partial charge in [0.2, 0.25) is 0 Å². The summed E-state index contributed by atoms with van der Waals surface area (Å²) >= 11 is 0. The summed E-state index contributed by atoms with van der Waals surface area (Å²) in [5.74, 6) is 0.604. The quantitative estimate of drug-likeness (QED) is 0.524. The summed E-state index contributed by atoms with van der Waals surface area (Å²) in [6, 6.07) is 15.2. The van der Waals surface area contributed by atoms with E-state index in [1.807, 2.05) is 48.5 Å². The molecule has 0 saturated carbocycles. The lowest BCUT2D eigenvalue weighted by atomic mass is 10.1. The molecule has 6 heteroatoms. The van der Waals surface area contributed by atoms with Gasteiger partial charge in [0.25, 0.3) is 5.56 Å². The monoisotopic (exact) mass is 361 g/mol. The van der Waals surface area contributed by atoms with E-state index in [4.69, 9.17) is 4.74 Å². The first-order valence-corrected chi connectivity index (χ1v) is 8.78. The van der Waals surface area contributed by atoms with Crippen molar-refractivity contribution in [1.82, 2.24) is 14.1 Å². The topological polar surface area (TPSA) is 66.1 Å². The lowest BCUT2D eigenvalue weighted by molar-refractivity contribution is 0.419. The van der Waals surface area contributed by atoms with Gasteiger partial charge in [-0.3, -0.25) is 18.9 Å². The maximum Gasteiger partial charge on any atom is 0.331 e. The number of rotatable bonds is 4. The highest BCUT2D eigenvalue weighted by molar-refractivity contribution is 6.04. The number of benzene rings is 2. The Morgan fingerprint density at radius 2 is 1.74 bits per heavy atom. The van der Waals surface area contributed by atoms with Crippen molar-refractivity contribution in [2.75, 3.05) is 7.11 Å². The number of methoxy groups -OCH3 is 1. The zero-order chi connectivity index (χ0) is 19.0. The molecule has 0 fully saturated rings. The first kappa shape index (κ1) is 17.0. The van der Waals surface area contributed by atoms with Gasteiger partial charge in [-0.25, -0.2) is 4.79 Å². The Kier molecular flexibility index (Phi) is 4.24. The zero-order valence-corrected chi connectivity index (χ0v) is 15.2. The molecule has 4 rings (SSSR count). The van der Waals surface area contributed by atoms with E-state index in [0.717, 1.165) is 10.9 Å². The van der Waals surface area contributed by atoms with Crippen molar-refractivity contribution in [2.24, 2.45) is 0 Å². The van der Waals surface area contributed by atoms with Crippen LogP contribution >= 0.6 is 0 Å². The van der Waals surface area contributed by atoms with Crippen LogP contribution < -0.4 is 16.0 Å². The summed E-state index contributed by atoms with van der Waals surface area (Å²) in [4.78, 5) is 30.4. The number of para-hydroxylation sites is 1. The van der Waals surface area contributed by atoms with E-state index in [9.17, 15) is 9.59 Å². The van der Waals surface area contributed by atoms with Gasteiger partial charge in [0.1, 0.15) is 11.3 Å². The fourth-order valence-corrected chi connectivity index (χ4v) is 3.46. The minimum Gasteiger partial charge on any atom is -0.494 e. The third kappa shape index (κ3) is 2.70. The summed E-state index contributed by atoms with van der Waals surface area (Å²) in [5.41, 5.74) is 1.55. The van der Waals surface area contributed by atoms with Crippen molar-refractivity contribution in [2.45, 2.75) is 20.0 Å². The van der Waals surface area contributed by atoms with Crippen molar-refractivity contribution in [3.05, 3.63) is 81.1 Å². The van der Waals surface area contributed by atoms with Gasteiger partial charge in [0, 0.05) is 18.1 Å². The lowest BCUT2D eigenvalue weighted by Gasteiger charge is -2.15. The fraction of sp³-hybridized carbons (Fsp3) is 0.190. The molecule has 136 valence electrons. The molecule has 0 aliphatic carbocycles. The molecule has 0 spiro atoms. The van der Waals surface area contributed by atoms with Crippen LogP contribution in [-0.2, 0) is 13.1 Å². The second-order valence-electron chi connectivity index (χ2n) is 6.28. The van der Waals surface area contributed by atoms with Gasteiger partial charge in [0.05, 0.1) is 24.6 Å². The van der Waals surface area contributed by atoms with Crippen LogP contribution in [0.15, 0.2) is 64.3 Å². The molecule has 0 aliphatic heterocycles. The molecule has 2 aromatic carbocycles. The van der Waals surface area contributed by atoms with Crippen molar-refractivity contribution in [3.63, 3.8) is 0 Å². The number of fused-ring (bicyclic) bond motifs is 3. The molecule has 0 radical (unpaired) electrons. The predicted octanol–water partition coefficient (Wildman–Crippen LogP) is 2.79. The van der Waals surface area contributed by atoms with Gasteiger partial charge >= 0.3 is 5.69 Å². The van der Waals surface area contributed by atoms with Crippen LogP contribution in [-0.4, -0.2) is 21.2 Å². The molecule has 0 unspecified atom stereocenters. The standard InChI is InChI=1S/C21H19N3O3/c1-3-23-20(25)16-12-22-18-15(10-7-11-17(18)27-2)19(16)24(21(23)26)13-14-8-5-4-6-9-14/h4-12H,3,13H2,1-2H3. The number of ether oxygens (including phenoxy) is 1. The Morgan fingerprint density at radius 3 is 2.44 bits per heavy atom. The largest absolute Gasteiger partial charge is 0.494 e. The molecule has 2 heterocycles. The van der Waals surface area contributed by atoms with Gasteiger partial charge in [-0.1, -0.05) is 42.5 Å². The lowest BCUT2D eigenvalue weighted by Crippen LogP contribution is -2.40. The molecule has 2 aromatic heterocycles. The van der Waals surface area contributed by atoms with E-state index >= 15 is 0 Å². The molecule has 0 saturated heterocycles. The smallest absolute Gasteiger partial charge is 0.331 e. The molecule has 4 aromatic rings. The third-order valence-electron chi connectivity index (χ3n) is 4.76. The van der Waals surface area contributed by atoms with E-state index in [1.54, 1.807) is 18.6 Å². The number of nitrogens with zero attached hydrogens (tertiary/aromatic N) is 3. The van der Waals surface area contributed by atoms with E-state index in [0.29, 0.717) is 35.3 Å². The predicted molar refractivity (Wildman–Crippen MR) is 106 cm³/mol. The minimum absolute atomic E-state index is 0.304. The molecule has 0 amide bonds. The summed E-state index contributed by atoms with van der Waals surface area (Å²) in [6.45, 7) is 2.46. The number of aromatic nitrogens is 3. The van der Waals surface area contributed by atoms with E-state index < -0.39 is 0 Å². The minimum atomic E-state index is -0.325. The van der Waals surface area contributed by atoms with Crippen LogP contribution in [0.4, 0.5) is 0 Å². The first-order chi connectivity index (χ1) is 13.2. The van der Waals surface area contributed by atoms with Crippen LogP contribution in [0.3, 0.4) is 0 Å². The van der Waals surface area contributed by atoms with Crippen molar-refractivity contribution < 1.29 is 4.74 Å². The molecule has 0 N–H and O–H groups in total. The van der Waals surface area contributed by atoms with Crippen LogP contribution in [0.5, 0.6) is 5.75 Å². The highest BCUT2D eigenvalue weighted by Gasteiger charge is 2.17. The van der Waals surface area contributed by atoms with Crippen molar-refractivity contribution in [3.8, 4) is 5.75 Å². The molecule has 0 aliphatic rings. The third-order valence-corrected chi connectivity index (χ3v) is 4.76. The van der Waals surface area contributed by atoms with Crippen LogP contribution in [0.25, 0.3) is 21.8 Å². The SMILES string of the molecule is CCn1c(=O)c2cnc3c(OC)cccc3c2n(Cc2ccccc2)c1=O. The number of pyridine rings is 1. The van der Waals surface area contributed by atoms with Crippen molar-refractivity contribution >= 4 is 21.8 Å². The Labute approximate surface area is 155 Å². The van der Waals surface area contributed by atoms with E-state index in [2.05, 4.69) is 4.98 Å². The Hall–Kier alpha value is -3.41. The normalized spacial score (nSPS) is 11.2. The molecule has 0 atom stereocenters. The summed E-state index contributed by atoms with van der Waals surface area (Å²) < 4.78 is 8.31. The summed E-state index contributed by atoms with van der Waals surface area (Å²) in [6.07, 6.45) is 1.54. The zero-order valence-electron chi connectivity index (χ0n) is 15.2. The first-order valence-electron chi connectivity index (χ1n) is 8.78. The average molecular weight is 361 g/mol.